The summed E-state index contributed by atoms with van der Waals surface area (Å²) in [5.74, 6) is 0. The summed E-state index contributed by atoms with van der Waals surface area (Å²) in [6, 6.07) is 20.0. The molecule has 0 aliphatic carbocycles. The van der Waals surface area contributed by atoms with E-state index in [1.54, 1.807) is 19.3 Å². The Hall–Kier alpha value is -2.32. The van der Waals surface area contributed by atoms with Crippen LogP contribution in [0.4, 0.5) is 0 Å². The van der Waals surface area contributed by atoms with E-state index in [9.17, 15) is 0 Å². The number of hydrogen-bond donors (Lipinski definition) is 0. The van der Waals surface area contributed by atoms with Crippen molar-refractivity contribution in [1.82, 2.24) is 0 Å². The standard InChI is InChI=1S/C27H34O6/c1-4-16-29-20-23-24(30-17-5-2)25(31-18-21-12-8-6-9-13-21)26(27(28-3)33-23)32-19-22-14-10-7-11-15-22/h4-15,23-27H,1-2,16-20H2,3H3/t23-,24-,25+,26+,27+/m1/s1. The third kappa shape index (κ3) is 7.61. The zero-order valence-electron chi connectivity index (χ0n) is 19.2. The fourth-order valence-electron chi connectivity index (χ4n) is 3.75. The number of benzene rings is 2. The van der Waals surface area contributed by atoms with E-state index in [4.69, 9.17) is 28.4 Å². The lowest BCUT2D eigenvalue weighted by atomic mass is 9.98. The van der Waals surface area contributed by atoms with Crippen LogP contribution < -0.4 is 0 Å². The van der Waals surface area contributed by atoms with Gasteiger partial charge in [-0.3, -0.25) is 0 Å². The van der Waals surface area contributed by atoms with Crippen LogP contribution in [0.25, 0.3) is 0 Å². The van der Waals surface area contributed by atoms with Crippen molar-refractivity contribution in [3.63, 3.8) is 0 Å². The fourth-order valence-corrected chi connectivity index (χ4v) is 3.75. The summed E-state index contributed by atoms with van der Waals surface area (Å²) in [7, 11) is 1.60. The molecule has 0 saturated carbocycles. The second-order valence-corrected chi connectivity index (χ2v) is 7.71. The van der Waals surface area contributed by atoms with Crippen molar-refractivity contribution in [1.29, 1.82) is 0 Å². The summed E-state index contributed by atoms with van der Waals surface area (Å²) in [5.41, 5.74) is 2.11. The van der Waals surface area contributed by atoms with Gasteiger partial charge in [-0.1, -0.05) is 72.8 Å². The van der Waals surface area contributed by atoms with Gasteiger partial charge in [0.1, 0.15) is 24.4 Å². The molecule has 0 spiro atoms. The Morgan fingerprint density at radius 3 is 1.88 bits per heavy atom. The smallest absolute Gasteiger partial charge is 0.186 e. The molecule has 0 aromatic heterocycles. The molecule has 0 amide bonds. The summed E-state index contributed by atoms with van der Waals surface area (Å²) >= 11 is 0. The van der Waals surface area contributed by atoms with E-state index in [1.807, 2.05) is 60.7 Å². The molecule has 6 nitrogen and oxygen atoms in total. The second kappa shape index (κ2) is 14.1. The average Bonchev–Trinajstić information content (AvgIpc) is 2.86. The van der Waals surface area contributed by atoms with Crippen molar-refractivity contribution in [2.24, 2.45) is 0 Å². The summed E-state index contributed by atoms with van der Waals surface area (Å²) in [6.07, 6.45) is 0.949. The first-order valence-electron chi connectivity index (χ1n) is 11.2. The molecular formula is C27H34O6. The molecule has 6 heteroatoms. The predicted molar refractivity (Wildman–Crippen MR) is 127 cm³/mol. The van der Waals surface area contributed by atoms with Gasteiger partial charge in [0.05, 0.1) is 33.0 Å². The lowest BCUT2D eigenvalue weighted by Crippen LogP contribution is -2.61. The van der Waals surface area contributed by atoms with Crippen LogP contribution in [0.3, 0.4) is 0 Å². The molecule has 5 atom stereocenters. The van der Waals surface area contributed by atoms with Crippen molar-refractivity contribution in [3.8, 4) is 0 Å². The highest BCUT2D eigenvalue weighted by Crippen LogP contribution is 2.30. The third-order valence-electron chi connectivity index (χ3n) is 5.32. The van der Waals surface area contributed by atoms with Gasteiger partial charge < -0.3 is 28.4 Å². The number of hydrogen-bond acceptors (Lipinski definition) is 6. The Balaban J connectivity index is 1.82. The predicted octanol–water partition coefficient (Wildman–Crippen LogP) is 4.30. The first kappa shape index (κ1) is 25.3. The quantitative estimate of drug-likeness (QED) is 0.313. The van der Waals surface area contributed by atoms with Gasteiger partial charge in [0.2, 0.25) is 0 Å². The van der Waals surface area contributed by atoms with E-state index in [0.717, 1.165) is 11.1 Å². The van der Waals surface area contributed by atoms with Gasteiger partial charge in [0, 0.05) is 7.11 Å². The lowest BCUT2D eigenvalue weighted by molar-refractivity contribution is -0.320. The molecule has 33 heavy (non-hydrogen) atoms. The number of ether oxygens (including phenoxy) is 6. The van der Waals surface area contributed by atoms with Gasteiger partial charge in [-0.15, -0.1) is 13.2 Å². The third-order valence-corrected chi connectivity index (χ3v) is 5.32. The van der Waals surface area contributed by atoms with Crippen LogP contribution in [0.5, 0.6) is 0 Å². The van der Waals surface area contributed by atoms with Crippen LogP contribution in [-0.4, -0.2) is 57.6 Å². The molecule has 178 valence electrons. The Bertz CT molecular complexity index is 812. The van der Waals surface area contributed by atoms with Crippen molar-refractivity contribution < 1.29 is 28.4 Å². The van der Waals surface area contributed by atoms with E-state index < -0.39 is 30.7 Å². The zero-order valence-corrected chi connectivity index (χ0v) is 19.2. The molecule has 1 saturated heterocycles. The molecule has 1 aliphatic rings. The Kier molecular flexibility index (Phi) is 10.8. The first-order chi connectivity index (χ1) is 16.3. The maximum Gasteiger partial charge on any atom is 0.186 e. The van der Waals surface area contributed by atoms with Crippen molar-refractivity contribution in [3.05, 3.63) is 97.1 Å². The van der Waals surface area contributed by atoms with Crippen LogP contribution in [0, 0.1) is 0 Å². The average molecular weight is 455 g/mol. The van der Waals surface area contributed by atoms with Gasteiger partial charge in [0.25, 0.3) is 0 Å². The van der Waals surface area contributed by atoms with Crippen molar-refractivity contribution in [2.45, 2.75) is 43.9 Å². The highest BCUT2D eigenvalue weighted by Gasteiger charge is 2.48. The zero-order chi connectivity index (χ0) is 23.3. The van der Waals surface area contributed by atoms with E-state index in [1.165, 1.54) is 0 Å². The van der Waals surface area contributed by atoms with E-state index in [0.29, 0.717) is 33.0 Å². The van der Waals surface area contributed by atoms with E-state index in [-0.39, 0.29) is 0 Å². The fraction of sp³-hybridized carbons (Fsp3) is 0.407. The second-order valence-electron chi connectivity index (χ2n) is 7.71. The monoisotopic (exact) mass is 454 g/mol. The number of rotatable bonds is 14. The maximum absolute atomic E-state index is 6.43. The van der Waals surface area contributed by atoms with Gasteiger partial charge >= 0.3 is 0 Å². The SMILES string of the molecule is C=CCOC[C@H]1O[C@H](OC)[C@@H](OCc2ccccc2)[C@@H](OCc2ccccc2)[C@@H]1OCC=C. The Morgan fingerprint density at radius 1 is 0.758 bits per heavy atom. The first-order valence-corrected chi connectivity index (χ1v) is 11.2. The van der Waals surface area contributed by atoms with Gasteiger partial charge in [0.15, 0.2) is 6.29 Å². The maximum atomic E-state index is 6.43. The molecule has 2 aromatic carbocycles. The van der Waals surface area contributed by atoms with Crippen molar-refractivity contribution in [2.75, 3.05) is 26.9 Å². The van der Waals surface area contributed by atoms with Crippen LogP contribution in [0.1, 0.15) is 11.1 Å². The molecule has 0 N–H and O–H groups in total. The van der Waals surface area contributed by atoms with E-state index in [2.05, 4.69) is 13.2 Å². The minimum atomic E-state index is -0.643. The summed E-state index contributed by atoms with van der Waals surface area (Å²) in [4.78, 5) is 0. The van der Waals surface area contributed by atoms with E-state index >= 15 is 0 Å². The molecule has 1 aliphatic heterocycles. The summed E-state index contributed by atoms with van der Waals surface area (Å²) in [5, 5.41) is 0. The van der Waals surface area contributed by atoms with Crippen molar-refractivity contribution >= 4 is 0 Å². The van der Waals surface area contributed by atoms with Crippen LogP contribution in [0.15, 0.2) is 86.0 Å². The van der Waals surface area contributed by atoms with Crippen LogP contribution in [-0.2, 0) is 41.6 Å². The molecule has 0 radical (unpaired) electrons. The topological polar surface area (TPSA) is 55.4 Å². The van der Waals surface area contributed by atoms with Crippen LogP contribution in [0.2, 0.25) is 0 Å². The molecule has 1 fully saturated rings. The van der Waals surface area contributed by atoms with Gasteiger partial charge in [-0.2, -0.15) is 0 Å². The highest BCUT2D eigenvalue weighted by atomic mass is 16.7. The molecule has 0 unspecified atom stereocenters. The number of methoxy groups -OCH3 is 1. The molecular weight excluding hydrogens is 420 g/mol. The van der Waals surface area contributed by atoms with Crippen LogP contribution >= 0.6 is 0 Å². The molecule has 2 aromatic rings. The summed E-state index contributed by atoms with van der Waals surface area (Å²) < 4.78 is 36.5. The van der Waals surface area contributed by atoms with Gasteiger partial charge in [-0.05, 0) is 11.1 Å². The summed E-state index contributed by atoms with van der Waals surface area (Å²) in [6.45, 7) is 9.36. The van der Waals surface area contributed by atoms with Gasteiger partial charge in [-0.25, -0.2) is 0 Å². The molecule has 1 heterocycles. The lowest BCUT2D eigenvalue weighted by Gasteiger charge is -2.45. The minimum Gasteiger partial charge on any atom is -0.375 e. The normalized spacial score (nSPS) is 24.9. The molecule has 0 bridgehead atoms. The largest absolute Gasteiger partial charge is 0.375 e. The molecule has 3 rings (SSSR count). The highest BCUT2D eigenvalue weighted by molar-refractivity contribution is 5.14. The minimum absolute atomic E-state index is 0.310. The Morgan fingerprint density at radius 2 is 1.33 bits per heavy atom. The Labute approximate surface area is 196 Å².